The van der Waals surface area contributed by atoms with Crippen LogP contribution in [0.4, 0.5) is 0 Å². The molecule has 1 rings (SSSR count). The van der Waals surface area contributed by atoms with Crippen molar-refractivity contribution < 1.29 is 9.84 Å². The van der Waals surface area contributed by atoms with Gasteiger partial charge in [0, 0.05) is 6.61 Å². The number of aryl methyl sites for hydroxylation is 2. The Morgan fingerprint density at radius 2 is 2.06 bits per heavy atom. The summed E-state index contributed by atoms with van der Waals surface area (Å²) in [4.78, 5) is 0. The van der Waals surface area contributed by atoms with Crippen LogP contribution in [0, 0.1) is 6.92 Å². The van der Waals surface area contributed by atoms with Crippen LogP contribution in [0.3, 0.4) is 0 Å². The summed E-state index contributed by atoms with van der Waals surface area (Å²) in [6, 6.07) is 3.96. The molecule has 0 heterocycles. The van der Waals surface area contributed by atoms with Gasteiger partial charge in [-0.1, -0.05) is 11.6 Å². The van der Waals surface area contributed by atoms with E-state index in [0.29, 0.717) is 11.6 Å². The molecule has 0 saturated carbocycles. The second-order valence-corrected chi connectivity index (χ2v) is 4.23. The normalized spacial score (nSPS) is 10.5. The topological polar surface area (TPSA) is 29.5 Å². The average Bonchev–Trinajstić information content (AvgIpc) is 2.25. The van der Waals surface area contributed by atoms with Gasteiger partial charge in [-0.15, -0.1) is 0 Å². The van der Waals surface area contributed by atoms with Gasteiger partial charge in [0.15, 0.2) is 0 Å². The quantitative estimate of drug-likeness (QED) is 0.776. The first-order valence-electron chi connectivity index (χ1n) is 5.71. The van der Waals surface area contributed by atoms with Crippen molar-refractivity contribution in [2.75, 3.05) is 13.2 Å². The number of unbranched alkanes of at least 4 members (excludes halogenated alkanes) is 1. The third kappa shape index (κ3) is 3.69. The summed E-state index contributed by atoms with van der Waals surface area (Å²) in [5.41, 5.74) is 2.44. The van der Waals surface area contributed by atoms with Crippen LogP contribution in [0.1, 0.15) is 30.9 Å². The van der Waals surface area contributed by atoms with Gasteiger partial charge in [0.25, 0.3) is 0 Å². The van der Waals surface area contributed by atoms with Gasteiger partial charge in [-0.2, -0.15) is 0 Å². The summed E-state index contributed by atoms with van der Waals surface area (Å²) in [5.74, 6) is 0.757. The number of aliphatic hydroxyl groups is 1. The molecule has 0 aliphatic rings. The smallest absolute Gasteiger partial charge is 0.138 e. The van der Waals surface area contributed by atoms with Crippen molar-refractivity contribution in [2.24, 2.45) is 0 Å². The van der Waals surface area contributed by atoms with Crippen LogP contribution in [0.15, 0.2) is 12.1 Å². The van der Waals surface area contributed by atoms with Crippen molar-refractivity contribution >= 4 is 11.6 Å². The van der Waals surface area contributed by atoms with E-state index in [1.807, 2.05) is 19.1 Å². The van der Waals surface area contributed by atoms with Crippen LogP contribution in [0.2, 0.25) is 5.02 Å². The second kappa shape index (κ2) is 6.77. The minimum atomic E-state index is 0.254. The standard InChI is InChI=1S/C13H19ClO2/c1-3-16-13-8-10(2)11(9-12(13)14)6-4-5-7-15/h8-9,15H,3-7H2,1-2H3. The monoisotopic (exact) mass is 242 g/mol. The molecule has 2 nitrogen and oxygen atoms in total. The van der Waals surface area contributed by atoms with Gasteiger partial charge >= 0.3 is 0 Å². The third-order valence-corrected chi connectivity index (χ3v) is 2.84. The Kier molecular flexibility index (Phi) is 5.64. The lowest BCUT2D eigenvalue weighted by Gasteiger charge is -2.11. The number of benzene rings is 1. The van der Waals surface area contributed by atoms with E-state index in [1.165, 1.54) is 11.1 Å². The molecule has 16 heavy (non-hydrogen) atoms. The van der Waals surface area contributed by atoms with Crippen LogP contribution < -0.4 is 4.74 Å². The van der Waals surface area contributed by atoms with E-state index in [-0.39, 0.29) is 6.61 Å². The Morgan fingerprint density at radius 3 is 2.69 bits per heavy atom. The van der Waals surface area contributed by atoms with E-state index in [2.05, 4.69) is 6.92 Å². The highest BCUT2D eigenvalue weighted by Crippen LogP contribution is 2.28. The maximum atomic E-state index is 8.74. The van der Waals surface area contributed by atoms with Crippen LogP contribution in [0.5, 0.6) is 5.75 Å². The van der Waals surface area contributed by atoms with Gasteiger partial charge in [-0.05, 0) is 56.4 Å². The highest BCUT2D eigenvalue weighted by Gasteiger charge is 2.06. The van der Waals surface area contributed by atoms with Crippen LogP contribution in [0.25, 0.3) is 0 Å². The van der Waals surface area contributed by atoms with Gasteiger partial charge in [0.05, 0.1) is 11.6 Å². The van der Waals surface area contributed by atoms with Gasteiger partial charge < -0.3 is 9.84 Å². The summed E-state index contributed by atoms with van der Waals surface area (Å²) in [6.45, 7) is 4.89. The molecule has 0 fully saturated rings. The first-order valence-corrected chi connectivity index (χ1v) is 6.09. The number of hydrogen-bond acceptors (Lipinski definition) is 2. The molecule has 0 aliphatic heterocycles. The molecule has 1 N–H and O–H groups in total. The van der Waals surface area contributed by atoms with E-state index >= 15 is 0 Å². The minimum absolute atomic E-state index is 0.254. The molecule has 0 aliphatic carbocycles. The number of ether oxygens (including phenoxy) is 1. The number of rotatable bonds is 6. The molecular formula is C13H19ClO2. The van der Waals surface area contributed by atoms with E-state index in [0.717, 1.165) is 25.0 Å². The fourth-order valence-electron chi connectivity index (χ4n) is 1.66. The Morgan fingerprint density at radius 1 is 1.31 bits per heavy atom. The predicted octanol–water partition coefficient (Wildman–Crippen LogP) is 3.36. The first kappa shape index (κ1) is 13.3. The molecule has 0 saturated heterocycles. The van der Waals surface area contributed by atoms with Crippen molar-refractivity contribution in [1.29, 1.82) is 0 Å². The first-order chi connectivity index (χ1) is 7.69. The summed E-state index contributed by atoms with van der Waals surface area (Å²) < 4.78 is 5.43. The maximum Gasteiger partial charge on any atom is 0.138 e. The van der Waals surface area contributed by atoms with Gasteiger partial charge in [-0.25, -0.2) is 0 Å². The molecule has 0 radical (unpaired) electrons. The molecular weight excluding hydrogens is 224 g/mol. The molecule has 1 aromatic carbocycles. The highest BCUT2D eigenvalue weighted by molar-refractivity contribution is 6.32. The molecule has 0 amide bonds. The van der Waals surface area contributed by atoms with Gasteiger partial charge in [-0.3, -0.25) is 0 Å². The van der Waals surface area contributed by atoms with Crippen molar-refractivity contribution in [3.05, 3.63) is 28.3 Å². The van der Waals surface area contributed by atoms with Crippen molar-refractivity contribution in [1.82, 2.24) is 0 Å². The zero-order valence-electron chi connectivity index (χ0n) is 9.92. The molecule has 0 unspecified atom stereocenters. The zero-order valence-corrected chi connectivity index (χ0v) is 10.7. The molecule has 1 aromatic rings. The van der Waals surface area contributed by atoms with Crippen molar-refractivity contribution in [2.45, 2.75) is 33.1 Å². The Hall–Kier alpha value is -0.730. The molecule has 0 atom stereocenters. The van der Waals surface area contributed by atoms with Gasteiger partial charge in [0.1, 0.15) is 5.75 Å². The number of hydrogen-bond donors (Lipinski definition) is 1. The number of aliphatic hydroxyl groups excluding tert-OH is 1. The van der Waals surface area contributed by atoms with E-state index < -0.39 is 0 Å². The average molecular weight is 243 g/mol. The fraction of sp³-hybridized carbons (Fsp3) is 0.538. The second-order valence-electron chi connectivity index (χ2n) is 3.82. The van der Waals surface area contributed by atoms with E-state index in [4.69, 9.17) is 21.4 Å². The molecule has 0 bridgehead atoms. The van der Waals surface area contributed by atoms with Crippen LogP contribution >= 0.6 is 11.6 Å². The van der Waals surface area contributed by atoms with Crippen molar-refractivity contribution in [3.63, 3.8) is 0 Å². The summed E-state index contributed by atoms with van der Waals surface area (Å²) in [7, 11) is 0. The van der Waals surface area contributed by atoms with Crippen LogP contribution in [-0.2, 0) is 6.42 Å². The third-order valence-electron chi connectivity index (χ3n) is 2.54. The molecule has 90 valence electrons. The lowest BCUT2D eigenvalue weighted by atomic mass is 10.0. The highest BCUT2D eigenvalue weighted by atomic mass is 35.5. The summed E-state index contributed by atoms with van der Waals surface area (Å²) in [5, 5.41) is 9.41. The van der Waals surface area contributed by atoms with Gasteiger partial charge in [0.2, 0.25) is 0 Å². The predicted molar refractivity (Wildman–Crippen MR) is 67.4 cm³/mol. The number of halogens is 1. The molecule has 3 heteroatoms. The van der Waals surface area contributed by atoms with Crippen molar-refractivity contribution in [3.8, 4) is 5.75 Å². The molecule has 0 aromatic heterocycles. The van der Waals surface area contributed by atoms with E-state index in [1.54, 1.807) is 0 Å². The lowest BCUT2D eigenvalue weighted by Crippen LogP contribution is -1.97. The fourth-order valence-corrected chi connectivity index (χ4v) is 1.90. The summed E-state index contributed by atoms with van der Waals surface area (Å²) in [6.07, 6.45) is 2.78. The molecule has 0 spiro atoms. The largest absolute Gasteiger partial charge is 0.492 e. The lowest BCUT2D eigenvalue weighted by molar-refractivity contribution is 0.284. The zero-order chi connectivity index (χ0) is 12.0. The Balaban J connectivity index is 2.75. The van der Waals surface area contributed by atoms with E-state index in [9.17, 15) is 0 Å². The van der Waals surface area contributed by atoms with Crippen LogP contribution in [-0.4, -0.2) is 18.3 Å². The Labute approximate surface area is 102 Å². The summed E-state index contributed by atoms with van der Waals surface area (Å²) >= 11 is 6.12. The Bertz CT molecular complexity index is 337. The SMILES string of the molecule is CCOc1cc(C)c(CCCCO)cc1Cl. The maximum absolute atomic E-state index is 8.74. The minimum Gasteiger partial charge on any atom is -0.492 e.